The topological polar surface area (TPSA) is 99.1 Å². The first-order valence-electron chi connectivity index (χ1n) is 15.2. The Hall–Kier alpha value is -1.83. The average Bonchev–Trinajstić information content (AvgIpc) is 3.41. The molecule has 0 radical (unpaired) electrons. The Balaban J connectivity index is 1.35. The molecule has 1 saturated heterocycles. The van der Waals surface area contributed by atoms with Crippen LogP contribution in [0.4, 0.5) is 0 Å². The fraction of sp³-hybridized carbons (Fsp3) is 0.781. The third kappa shape index (κ3) is 3.97. The number of aliphatic hydroxyl groups excluding tert-OH is 1. The van der Waals surface area contributed by atoms with Crippen molar-refractivity contribution in [3.63, 3.8) is 0 Å². The van der Waals surface area contributed by atoms with Crippen molar-refractivity contribution in [1.29, 1.82) is 0 Å². The predicted octanol–water partition coefficient (Wildman–Crippen LogP) is 4.70. The van der Waals surface area contributed by atoms with E-state index in [0.717, 1.165) is 44.1 Å². The molecule has 0 spiro atoms. The van der Waals surface area contributed by atoms with Gasteiger partial charge in [0.2, 0.25) is 5.78 Å². The Morgan fingerprint density at radius 3 is 2.62 bits per heavy atom. The number of aliphatic hydroxyl groups is 1. The van der Waals surface area contributed by atoms with Crippen LogP contribution < -0.4 is 0 Å². The number of hydrogen-bond acceptors (Lipinski definition) is 7. The molecule has 5 aliphatic carbocycles. The van der Waals surface area contributed by atoms with Gasteiger partial charge in [0, 0.05) is 22.7 Å². The molecule has 214 valence electrons. The smallest absolute Gasteiger partial charge is 0.308 e. The minimum absolute atomic E-state index is 0.0162. The summed E-state index contributed by atoms with van der Waals surface area (Å²) in [5, 5.41) is 11.9. The molecule has 0 aromatic rings. The number of esters is 1. The highest BCUT2D eigenvalue weighted by Gasteiger charge is 2.76. The van der Waals surface area contributed by atoms with E-state index in [0.29, 0.717) is 12.8 Å². The number of hydrogen-bond donors (Lipinski definition) is 1. The van der Waals surface area contributed by atoms with E-state index in [9.17, 15) is 19.5 Å². The van der Waals surface area contributed by atoms with E-state index in [1.807, 2.05) is 6.08 Å². The highest BCUT2D eigenvalue weighted by molar-refractivity contribution is 6.01. The lowest BCUT2D eigenvalue weighted by molar-refractivity contribution is -0.210. The summed E-state index contributed by atoms with van der Waals surface area (Å²) in [6.07, 6.45) is 12.2. The molecule has 6 rings (SSSR count). The van der Waals surface area contributed by atoms with Gasteiger partial charge in [-0.15, -0.1) is 0 Å². The fourth-order valence-electron chi connectivity index (χ4n) is 9.62. The largest absolute Gasteiger partial charge is 0.457 e. The molecular weight excluding hydrogens is 496 g/mol. The number of Topliss-reactive ketones (excluding diaryl/α,β-unsaturated/α-hetero) is 1. The molecule has 6 aliphatic rings. The molecular formula is C32H44O7. The summed E-state index contributed by atoms with van der Waals surface area (Å²) in [5.74, 6) is -0.471. The van der Waals surface area contributed by atoms with Crippen LogP contribution in [0.25, 0.3) is 0 Å². The highest BCUT2D eigenvalue weighted by Crippen LogP contribution is 2.70. The van der Waals surface area contributed by atoms with Crippen molar-refractivity contribution >= 4 is 17.5 Å². The molecule has 0 amide bonds. The third-order valence-corrected chi connectivity index (χ3v) is 11.5. The Morgan fingerprint density at radius 1 is 1.15 bits per heavy atom. The molecule has 1 unspecified atom stereocenters. The van der Waals surface area contributed by atoms with E-state index in [-0.39, 0.29) is 53.2 Å². The van der Waals surface area contributed by atoms with Crippen molar-refractivity contribution in [2.75, 3.05) is 6.61 Å². The highest BCUT2D eigenvalue weighted by atomic mass is 16.7. The zero-order valence-corrected chi connectivity index (χ0v) is 23.8. The molecule has 0 aromatic heterocycles. The van der Waals surface area contributed by atoms with E-state index in [4.69, 9.17) is 14.2 Å². The van der Waals surface area contributed by atoms with E-state index in [1.54, 1.807) is 26.0 Å². The van der Waals surface area contributed by atoms with Crippen molar-refractivity contribution in [1.82, 2.24) is 0 Å². The number of fused-ring (bicyclic) bond motifs is 7. The van der Waals surface area contributed by atoms with Gasteiger partial charge in [-0.2, -0.15) is 0 Å². The molecule has 4 saturated carbocycles. The van der Waals surface area contributed by atoms with Crippen LogP contribution in [0.1, 0.15) is 85.5 Å². The van der Waals surface area contributed by atoms with Crippen LogP contribution in [-0.2, 0) is 28.6 Å². The van der Waals surface area contributed by atoms with Gasteiger partial charge in [0.15, 0.2) is 24.3 Å². The lowest BCUT2D eigenvalue weighted by Crippen LogP contribution is -2.63. The normalized spacial score (nSPS) is 45.3. The first kappa shape index (κ1) is 27.3. The number of ether oxygens (including phenoxy) is 3. The summed E-state index contributed by atoms with van der Waals surface area (Å²) < 4.78 is 19.0. The maximum Gasteiger partial charge on any atom is 0.308 e. The minimum Gasteiger partial charge on any atom is -0.457 e. The molecule has 7 heteroatoms. The Labute approximate surface area is 231 Å². The van der Waals surface area contributed by atoms with Gasteiger partial charge in [0.25, 0.3) is 0 Å². The Morgan fingerprint density at radius 2 is 1.90 bits per heavy atom. The van der Waals surface area contributed by atoms with Gasteiger partial charge in [-0.05, 0) is 62.5 Å². The number of allylic oxidation sites excluding steroid dienone is 4. The number of rotatable bonds is 5. The third-order valence-electron chi connectivity index (χ3n) is 11.5. The SMILES string of the molecule is CC(C)C(=O)OCC(=O)[C@@]12OC(C3CCCCC3)O[C@H]1C[C@@H]1[C@@H]3CCC4=CC(=O)C=C[C@]4(C)[C@@H]3[C@@H](O)C[C@@]12C. The molecule has 5 fully saturated rings. The lowest BCUT2D eigenvalue weighted by Gasteiger charge is -2.59. The van der Waals surface area contributed by atoms with Gasteiger partial charge >= 0.3 is 5.97 Å². The van der Waals surface area contributed by atoms with Crippen LogP contribution >= 0.6 is 0 Å². The molecule has 1 heterocycles. The van der Waals surface area contributed by atoms with Gasteiger partial charge in [-0.25, -0.2) is 0 Å². The zero-order chi connectivity index (χ0) is 27.7. The van der Waals surface area contributed by atoms with Gasteiger partial charge in [-0.3, -0.25) is 14.4 Å². The van der Waals surface area contributed by atoms with Crippen LogP contribution in [0.2, 0.25) is 0 Å². The second-order valence-corrected chi connectivity index (χ2v) is 13.9. The van der Waals surface area contributed by atoms with E-state index >= 15 is 0 Å². The Bertz CT molecular complexity index is 1100. The quantitative estimate of drug-likeness (QED) is 0.505. The average molecular weight is 541 g/mol. The maximum absolute atomic E-state index is 14.2. The monoisotopic (exact) mass is 540 g/mol. The van der Waals surface area contributed by atoms with Crippen LogP contribution in [0, 0.1) is 40.4 Å². The zero-order valence-electron chi connectivity index (χ0n) is 23.8. The first-order valence-corrected chi connectivity index (χ1v) is 15.2. The van der Waals surface area contributed by atoms with Gasteiger partial charge in [-0.1, -0.05) is 58.6 Å². The summed E-state index contributed by atoms with van der Waals surface area (Å²) in [4.78, 5) is 38.7. The molecule has 7 nitrogen and oxygen atoms in total. The van der Waals surface area contributed by atoms with Crippen molar-refractivity contribution < 1.29 is 33.7 Å². The number of ketones is 2. The molecule has 1 aliphatic heterocycles. The van der Waals surface area contributed by atoms with Crippen molar-refractivity contribution in [2.24, 2.45) is 40.4 Å². The van der Waals surface area contributed by atoms with Gasteiger partial charge in [0.1, 0.15) is 0 Å². The molecule has 0 bridgehead atoms. The van der Waals surface area contributed by atoms with Crippen LogP contribution in [-0.4, -0.2) is 53.3 Å². The van der Waals surface area contributed by atoms with Crippen molar-refractivity contribution in [3.8, 4) is 0 Å². The summed E-state index contributed by atoms with van der Waals surface area (Å²) >= 11 is 0. The number of carbonyl (C=O) groups is 3. The van der Waals surface area contributed by atoms with E-state index < -0.39 is 35.5 Å². The van der Waals surface area contributed by atoms with Crippen molar-refractivity contribution in [2.45, 2.75) is 110 Å². The second kappa shape index (κ2) is 9.63. The van der Waals surface area contributed by atoms with Crippen LogP contribution in [0.5, 0.6) is 0 Å². The molecule has 0 aromatic carbocycles. The fourth-order valence-corrected chi connectivity index (χ4v) is 9.62. The second-order valence-electron chi connectivity index (χ2n) is 13.9. The summed E-state index contributed by atoms with van der Waals surface area (Å²) in [5.41, 5.74) is -1.19. The summed E-state index contributed by atoms with van der Waals surface area (Å²) in [7, 11) is 0. The lowest BCUT2D eigenvalue weighted by atomic mass is 9.46. The summed E-state index contributed by atoms with van der Waals surface area (Å²) in [6.45, 7) is 7.44. The molecule has 9 atom stereocenters. The van der Waals surface area contributed by atoms with Gasteiger partial charge in [0.05, 0.1) is 18.1 Å². The van der Waals surface area contributed by atoms with Crippen LogP contribution in [0.3, 0.4) is 0 Å². The minimum atomic E-state index is -1.25. The molecule has 39 heavy (non-hydrogen) atoms. The van der Waals surface area contributed by atoms with Crippen LogP contribution in [0.15, 0.2) is 23.8 Å². The van der Waals surface area contributed by atoms with Gasteiger partial charge < -0.3 is 19.3 Å². The number of carbonyl (C=O) groups excluding carboxylic acids is 3. The van der Waals surface area contributed by atoms with E-state index in [2.05, 4.69) is 13.8 Å². The summed E-state index contributed by atoms with van der Waals surface area (Å²) in [6, 6.07) is 0. The molecule has 1 N–H and O–H groups in total. The first-order chi connectivity index (χ1) is 18.5. The maximum atomic E-state index is 14.2. The van der Waals surface area contributed by atoms with Crippen molar-refractivity contribution in [3.05, 3.63) is 23.8 Å². The predicted molar refractivity (Wildman–Crippen MR) is 143 cm³/mol. The van der Waals surface area contributed by atoms with E-state index in [1.165, 1.54) is 6.42 Å². The Kier molecular flexibility index (Phi) is 6.75. The standard InChI is InChI=1S/C32H44O7/c1-18(2)28(36)37-17-25(35)32-26(38-29(39-32)19-8-6-5-7-9-19)15-23-22-11-10-20-14-21(33)12-13-30(20,3)27(22)24(34)16-31(23,32)4/h12-14,18-19,22-24,26-27,29,34H,5-11,15-17H2,1-4H3/t22-,23+,24-,26-,27-,29?,30-,31-,32+/m0/s1.